The Bertz CT molecular complexity index is 638. The molecule has 0 radical (unpaired) electrons. The van der Waals surface area contributed by atoms with E-state index in [2.05, 4.69) is 45.6 Å². The van der Waals surface area contributed by atoms with E-state index in [4.69, 9.17) is 4.74 Å². The summed E-state index contributed by atoms with van der Waals surface area (Å²) < 4.78 is 7.25. The summed E-state index contributed by atoms with van der Waals surface area (Å²) in [6.07, 6.45) is 1.24. The Balaban J connectivity index is 1.51. The van der Waals surface area contributed by atoms with Crippen LogP contribution in [0.2, 0.25) is 0 Å². The van der Waals surface area contributed by atoms with Gasteiger partial charge in [0.15, 0.2) is 0 Å². The quantitative estimate of drug-likeness (QED) is 0.889. The molecule has 1 aliphatic heterocycles. The Morgan fingerprint density at radius 3 is 2.83 bits per heavy atom. The molecule has 1 aliphatic rings. The van der Waals surface area contributed by atoms with Gasteiger partial charge in [-0.1, -0.05) is 18.2 Å². The maximum absolute atomic E-state index is 5.45. The van der Waals surface area contributed by atoms with Gasteiger partial charge in [-0.3, -0.25) is 0 Å². The van der Waals surface area contributed by atoms with Gasteiger partial charge in [0.1, 0.15) is 0 Å². The summed E-state index contributed by atoms with van der Waals surface area (Å²) in [5.74, 6) is 1.55. The largest absolute Gasteiger partial charge is 0.481 e. The lowest BCUT2D eigenvalue weighted by molar-refractivity contribution is 0.367. The molecule has 2 heterocycles. The first-order chi connectivity index (χ1) is 11.2. The van der Waals surface area contributed by atoms with Crippen LogP contribution in [0.1, 0.15) is 17.7 Å². The predicted octanol–water partition coefficient (Wildman–Crippen LogP) is 2.35. The number of hydrogen-bond donors (Lipinski definition) is 1. The molecule has 23 heavy (non-hydrogen) atoms. The molecule has 5 heteroatoms. The third-order valence-corrected chi connectivity index (χ3v) is 4.62. The molecule has 5 nitrogen and oxygen atoms in total. The molecule has 3 rings (SSSR count). The summed E-state index contributed by atoms with van der Waals surface area (Å²) in [6.45, 7) is 6.14. The van der Waals surface area contributed by atoms with Crippen molar-refractivity contribution in [3.05, 3.63) is 41.6 Å². The van der Waals surface area contributed by atoms with E-state index in [1.807, 2.05) is 14.0 Å². The number of methoxy groups -OCH3 is 1. The SMILES string of the molecule is COc1c(CNC[C@H]2CCN(c3ccccc3)C2)c(C)nn1C. The Morgan fingerprint density at radius 1 is 1.30 bits per heavy atom. The first-order valence-corrected chi connectivity index (χ1v) is 8.26. The smallest absolute Gasteiger partial charge is 0.216 e. The zero-order valence-corrected chi connectivity index (χ0v) is 14.2. The van der Waals surface area contributed by atoms with Crippen LogP contribution >= 0.6 is 0 Å². The van der Waals surface area contributed by atoms with Crippen LogP contribution in [0, 0.1) is 12.8 Å². The van der Waals surface area contributed by atoms with Crippen LogP contribution in [0.25, 0.3) is 0 Å². The van der Waals surface area contributed by atoms with E-state index in [1.54, 1.807) is 11.8 Å². The molecule has 1 N–H and O–H groups in total. The predicted molar refractivity (Wildman–Crippen MR) is 93.0 cm³/mol. The Labute approximate surface area is 138 Å². The number of anilines is 1. The van der Waals surface area contributed by atoms with Gasteiger partial charge in [0, 0.05) is 38.9 Å². The van der Waals surface area contributed by atoms with E-state index in [0.29, 0.717) is 5.92 Å². The molecule has 1 saturated heterocycles. The molecule has 0 unspecified atom stereocenters. The minimum absolute atomic E-state index is 0.693. The molecule has 0 aliphatic carbocycles. The van der Waals surface area contributed by atoms with Crippen LogP contribution in [0.3, 0.4) is 0 Å². The highest BCUT2D eigenvalue weighted by Crippen LogP contribution is 2.24. The van der Waals surface area contributed by atoms with Crippen LogP contribution in [0.5, 0.6) is 5.88 Å². The van der Waals surface area contributed by atoms with Gasteiger partial charge in [-0.05, 0) is 31.4 Å². The summed E-state index contributed by atoms with van der Waals surface area (Å²) in [7, 11) is 3.62. The third kappa shape index (κ3) is 3.50. The molecule has 0 amide bonds. The molecule has 1 fully saturated rings. The summed E-state index contributed by atoms with van der Waals surface area (Å²) in [5.41, 5.74) is 3.53. The second-order valence-electron chi connectivity index (χ2n) is 6.26. The topological polar surface area (TPSA) is 42.3 Å². The van der Waals surface area contributed by atoms with Crippen molar-refractivity contribution >= 4 is 5.69 Å². The molecule has 2 aromatic rings. The first-order valence-electron chi connectivity index (χ1n) is 8.26. The van der Waals surface area contributed by atoms with Gasteiger partial charge in [0.2, 0.25) is 5.88 Å². The standard InChI is InChI=1S/C18H26N4O/c1-14-17(18(23-3)21(2)20-14)12-19-11-15-9-10-22(13-15)16-7-5-4-6-8-16/h4-8,15,19H,9-13H2,1-3H3/t15-/m1/s1. The summed E-state index contributed by atoms with van der Waals surface area (Å²) >= 11 is 0. The average Bonchev–Trinajstić information content (AvgIpc) is 3.13. The fourth-order valence-electron chi connectivity index (χ4n) is 3.41. The molecule has 0 saturated carbocycles. The van der Waals surface area contributed by atoms with Crippen LogP contribution in [-0.4, -0.2) is 36.5 Å². The van der Waals surface area contributed by atoms with Gasteiger partial charge < -0.3 is 15.0 Å². The molecular formula is C18H26N4O. The van der Waals surface area contributed by atoms with Crippen LogP contribution in [0.15, 0.2) is 30.3 Å². The minimum atomic E-state index is 0.693. The third-order valence-electron chi connectivity index (χ3n) is 4.62. The number of aromatic nitrogens is 2. The number of nitrogens with one attached hydrogen (secondary N) is 1. The summed E-state index contributed by atoms with van der Waals surface area (Å²) in [6, 6.07) is 10.7. The number of nitrogens with zero attached hydrogens (tertiary/aromatic N) is 3. The fraction of sp³-hybridized carbons (Fsp3) is 0.500. The number of aryl methyl sites for hydroxylation is 2. The zero-order valence-electron chi connectivity index (χ0n) is 14.2. The van der Waals surface area contributed by atoms with Gasteiger partial charge >= 0.3 is 0 Å². The number of rotatable bonds is 6. The summed E-state index contributed by atoms with van der Waals surface area (Å²) in [4.78, 5) is 2.47. The average molecular weight is 314 g/mol. The summed E-state index contributed by atoms with van der Waals surface area (Å²) in [5, 5.41) is 8.01. The molecule has 1 aromatic heterocycles. The second-order valence-corrected chi connectivity index (χ2v) is 6.26. The Hall–Kier alpha value is -2.01. The normalized spacial score (nSPS) is 17.7. The number of para-hydroxylation sites is 1. The van der Waals surface area contributed by atoms with Crippen molar-refractivity contribution in [3.63, 3.8) is 0 Å². The van der Waals surface area contributed by atoms with Gasteiger partial charge in [-0.15, -0.1) is 0 Å². The molecule has 1 atom stereocenters. The number of ether oxygens (including phenoxy) is 1. The highest BCUT2D eigenvalue weighted by molar-refractivity contribution is 5.46. The highest BCUT2D eigenvalue weighted by atomic mass is 16.5. The van der Waals surface area contributed by atoms with Gasteiger partial charge in [-0.2, -0.15) is 5.10 Å². The lowest BCUT2D eigenvalue weighted by Gasteiger charge is -2.18. The van der Waals surface area contributed by atoms with Gasteiger partial charge in [-0.25, -0.2) is 4.68 Å². The zero-order chi connectivity index (χ0) is 16.2. The lowest BCUT2D eigenvalue weighted by atomic mass is 10.1. The maximum Gasteiger partial charge on any atom is 0.216 e. The van der Waals surface area contributed by atoms with E-state index in [1.165, 1.54) is 12.1 Å². The van der Waals surface area contributed by atoms with Crippen molar-refractivity contribution in [2.24, 2.45) is 13.0 Å². The van der Waals surface area contributed by atoms with Crippen molar-refractivity contribution in [2.45, 2.75) is 19.9 Å². The van der Waals surface area contributed by atoms with Gasteiger partial charge in [0.25, 0.3) is 0 Å². The van der Waals surface area contributed by atoms with Gasteiger partial charge in [0.05, 0.1) is 18.4 Å². The van der Waals surface area contributed by atoms with Crippen molar-refractivity contribution in [2.75, 3.05) is 31.6 Å². The van der Waals surface area contributed by atoms with E-state index < -0.39 is 0 Å². The Morgan fingerprint density at radius 2 is 2.09 bits per heavy atom. The lowest BCUT2D eigenvalue weighted by Crippen LogP contribution is -2.26. The van der Waals surface area contributed by atoms with E-state index in [0.717, 1.165) is 43.3 Å². The molecule has 124 valence electrons. The van der Waals surface area contributed by atoms with Crippen LogP contribution in [-0.2, 0) is 13.6 Å². The van der Waals surface area contributed by atoms with Crippen molar-refractivity contribution < 1.29 is 4.74 Å². The molecule has 0 spiro atoms. The second kappa shape index (κ2) is 7.04. The van der Waals surface area contributed by atoms with Crippen molar-refractivity contribution in [1.82, 2.24) is 15.1 Å². The number of hydrogen-bond acceptors (Lipinski definition) is 4. The minimum Gasteiger partial charge on any atom is -0.481 e. The highest BCUT2D eigenvalue weighted by Gasteiger charge is 2.22. The van der Waals surface area contributed by atoms with E-state index in [9.17, 15) is 0 Å². The maximum atomic E-state index is 5.45. The van der Waals surface area contributed by atoms with E-state index >= 15 is 0 Å². The van der Waals surface area contributed by atoms with Crippen LogP contribution in [0.4, 0.5) is 5.69 Å². The van der Waals surface area contributed by atoms with Crippen molar-refractivity contribution in [1.29, 1.82) is 0 Å². The molecular weight excluding hydrogens is 288 g/mol. The van der Waals surface area contributed by atoms with Crippen molar-refractivity contribution in [3.8, 4) is 5.88 Å². The van der Waals surface area contributed by atoms with E-state index in [-0.39, 0.29) is 0 Å². The Kier molecular flexibility index (Phi) is 4.86. The first kappa shape index (κ1) is 15.9. The number of benzene rings is 1. The van der Waals surface area contributed by atoms with Crippen LogP contribution < -0.4 is 15.0 Å². The molecule has 1 aromatic carbocycles. The monoisotopic (exact) mass is 314 g/mol. The fourth-order valence-corrected chi connectivity index (χ4v) is 3.41. The molecule has 0 bridgehead atoms.